The molecule has 0 spiro atoms. The third-order valence-corrected chi connectivity index (χ3v) is 4.84. The van der Waals surface area contributed by atoms with Gasteiger partial charge in [0.25, 0.3) is 5.91 Å². The standard InChI is InChI=1S/C21H21F7N4O4.C3H8/c1-9(2)17-12(7-36-32-17)19(35)29-6-16(33)31-15-5-13(21(26,27)28)11(4-14(15)22)10(3)18(34)30-8-20(23,24)25;1-3-2/h4-5,7,9-10H,6,8H2,1-3H3,(H,29,35)(H,30,34)(H,31,33);3H2,1-2H3. The van der Waals surface area contributed by atoms with Crippen molar-refractivity contribution >= 4 is 23.4 Å². The van der Waals surface area contributed by atoms with Crippen molar-refractivity contribution in [1.82, 2.24) is 15.8 Å². The number of hydrogen-bond donors (Lipinski definition) is 3. The number of benzene rings is 1. The largest absolute Gasteiger partial charge is 0.416 e. The van der Waals surface area contributed by atoms with E-state index in [-0.39, 0.29) is 17.5 Å². The SMILES string of the molecule is CC(C)c1nocc1C(=O)NCC(=O)Nc1cc(C(F)(F)F)c(C(C)C(=O)NCC(F)(F)F)cc1F.CCC. The number of rotatable bonds is 8. The molecule has 2 rings (SSSR count). The number of nitrogens with zero attached hydrogens (tertiary/aromatic N) is 1. The second-order valence-electron chi connectivity index (χ2n) is 8.68. The summed E-state index contributed by atoms with van der Waals surface area (Å²) in [6.07, 6.45) is -7.65. The normalized spacial score (nSPS) is 12.3. The van der Waals surface area contributed by atoms with E-state index in [1.54, 1.807) is 13.8 Å². The molecule has 0 aliphatic heterocycles. The molecule has 1 heterocycles. The molecular formula is C24H29F7N4O4. The molecule has 0 aliphatic rings. The summed E-state index contributed by atoms with van der Waals surface area (Å²) in [5.41, 5.74) is -3.05. The van der Waals surface area contributed by atoms with Gasteiger partial charge in [-0.25, -0.2) is 4.39 Å². The predicted octanol–water partition coefficient (Wildman–Crippen LogP) is 5.52. The number of alkyl halides is 6. The molecule has 1 aromatic heterocycles. The van der Waals surface area contributed by atoms with Gasteiger partial charge in [-0.15, -0.1) is 0 Å². The van der Waals surface area contributed by atoms with Crippen molar-refractivity contribution in [3.63, 3.8) is 0 Å². The Kier molecular flexibility index (Phi) is 11.9. The van der Waals surface area contributed by atoms with Gasteiger partial charge in [0.05, 0.1) is 29.4 Å². The van der Waals surface area contributed by atoms with Crippen LogP contribution in [-0.4, -0.2) is 42.1 Å². The lowest BCUT2D eigenvalue weighted by Gasteiger charge is -2.20. The van der Waals surface area contributed by atoms with Gasteiger partial charge in [0.2, 0.25) is 11.8 Å². The fourth-order valence-electron chi connectivity index (χ4n) is 3.05. The summed E-state index contributed by atoms with van der Waals surface area (Å²) in [7, 11) is 0. The van der Waals surface area contributed by atoms with Crippen LogP contribution in [0.5, 0.6) is 0 Å². The molecule has 0 bridgehead atoms. The van der Waals surface area contributed by atoms with Gasteiger partial charge in [-0.05, 0) is 30.5 Å². The number of carbonyl (C=O) groups is 3. The molecule has 1 atom stereocenters. The maximum absolute atomic E-state index is 14.5. The second-order valence-corrected chi connectivity index (χ2v) is 8.68. The fourth-order valence-corrected chi connectivity index (χ4v) is 3.05. The Hall–Kier alpha value is -3.65. The van der Waals surface area contributed by atoms with Crippen molar-refractivity contribution in [3.05, 3.63) is 46.6 Å². The van der Waals surface area contributed by atoms with Gasteiger partial charge in [0.1, 0.15) is 24.2 Å². The van der Waals surface area contributed by atoms with E-state index < -0.39 is 71.7 Å². The van der Waals surface area contributed by atoms with Crippen molar-refractivity contribution in [2.24, 2.45) is 0 Å². The van der Waals surface area contributed by atoms with E-state index in [1.165, 1.54) is 11.7 Å². The summed E-state index contributed by atoms with van der Waals surface area (Å²) in [6.45, 7) is 6.05. The van der Waals surface area contributed by atoms with E-state index in [0.717, 1.165) is 13.2 Å². The van der Waals surface area contributed by atoms with Crippen LogP contribution in [0.15, 0.2) is 22.9 Å². The Morgan fingerprint density at radius 2 is 1.59 bits per heavy atom. The van der Waals surface area contributed by atoms with Crippen LogP contribution in [0, 0.1) is 5.82 Å². The second kappa shape index (κ2) is 13.9. The molecule has 1 aromatic carbocycles. The summed E-state index contributed by atoms with van der Waals surface area (Å²) in [6, 6.07) is 0.524. The zero-order chi connectivity index (χ0) is 30.1. The van der Waals surface area contributed by atoms with E-state index >= 15 is 0 Å². The molecule has 0 aliphatic carbocycles. The van der Waals surface area contributed by atoms with E-state index in [4.69, 9.17) is 4.52 Å². The number of carbonyl (C=O) groups excluding carboxylic acids is 3. The number of amides is 3. The summed E-state index contributed by atoms with van der Waals surface area (Å²) >= 11 is 0. The van der Waals surface area contributed by atoms with Crippen LogP contribution in [0.4, 0.5) is 36.4 Å². The molecule has 1 unspecified atom stereocenters. The van der Waals surface area contributed by atoms with Crippen LogP contribution in [-0.2, 0) is 15.8 Å². The molecule has 0 fully saturated rings. The van der Waals surface area contributed by atoms with Crippen LogP contribution in [0.2, 0.25) is 0 Å². The average Bonchev–Trinajstić information content (AvgIpc) is 3.31. The highest BCUT2D eigenvalue weighted by Gasteiger charge is 2.38. The third-order valence-electron chi connectivity index (χ3n) is 4.84. The van der Waals surface area contributed by atoms with Crippen LogP contribution in [0.3, 0.4) is 0 Å². The van der Waals surface area contributed by atoms with Gasteiger partial charge in [0, 0.05) is 0 Å². The minimum Gasteiger partial charge on any atom is -0.364 e. The molecule has 0 saturated heterocycles. The Bertz CT molecular complexity index is 1140. The molecule has 39 heavy (non-hydrogen) atoms. The van der Waals surface area contributed by atoms with Gasteiger partial charge >= 0.3 is 12.4 Å². The van der Waals surface area contributed by atoms with E-state index in [0.29, 0.717) is 11.8 Å². The molecule has 2 aromatic rings. The van der Waals surface area contributed by atoms with Gasteiger partial charge in [-0.3, -0.25) is 14.4 Å². The van der Waals surface area contributed by atoms with Gasteiger partial charge in [0.15, 0.2) is 0 Å². The molecule has 0 radical (unpaired) electrons. The summed E-state index contributed by atoms with van der Waals surface area (Å²) < 4.78 is 97.0. The number of aromatic nitrogens is 1. The van der Waals surface area contributed by atoms with Crippen LogP contribution in [0.25, 0.3) is 0 Å². The lowest BCUT2D eigenvalue weighted by Crippen LogP contribution is -2.36. The molecule has 218 valence electrons. The lowest BCUT2D eigenvalue weighted by atomic mass is 9.93. The van der Waals surface area contributed by atoms with Gasteiger partial charge < -0.3 is 20.5 Å². The first kappa shape index (κ1) is 33.4. The topological polar surface area (TPSA) is 113 Å². The summed E-state index contributed by atoms with van der Waals surface area (Å²) in [4.78, 5) is 36.3. The maximum Gasteiger partial charge on any atom is 0.416 e. The van der Waals surface area contributed by atoms with E-state index in [9.17, 15) is 45.1 Å². The van der Waals surface area contributed by atoms with E-state index in [1.807, 2.05) is 5.32 Å². The Labute approximate surface area is 219 Å². The molecule has 3 amide bonds. The number of halogens is 7. The molecule has 8 nitrogen and oxygen atoms in total. The predicted molar refractivity (Wildman–Crippen MR) is 126 cm³/mol. The summed E-state index contributed by atoms with van der Waals surface area (Å²) in [5, 5.41) is 9.18. The molecular weight excluding hydrogens is 541 g/mol. The first-order chi connectivity index (χ1) is 17.9. The highest BCUT2D eigenvalue weighted by atomic mass is 19.4. The Morgan fingerprint density at radius 1 is 1.00 bits per heavy atom. The quantitative estimate of drug-likeness (QED) is 0.362. The number of anilines is 1. The van der Waals surface area contributed by atoms with Gasteiger partial charge in [-0.1, -0.05) is 39.3 Å². The van der Waals surface area contributed by atoms with Crippen molar-refractivity contribution in [2.75, 3.05) is 18.4 Å². The lowest BCUT2D eigenvalue weighted by molar-refractivity contribution is -0.141. The first-order valence-corrected chi connectivity index (χ1v) is 11.7. The van der Waals surface area contributed by atoms with Crippen molar-refractivity contribution < 1.29 is 49.6 Å². The minimum absolute atomic E-state index is 0.0329. The Balaban J connectivity index is 0.00000242. The average molecular weight is 571 g/mol. The van der Waals surface area contributed by atoms with Crippen LogP contribution in [0.1, 0.15) is 80.1 Å². The van der Waals surface area contributed by atoms with Crippen molar-refractivity contribution in [2.45, 2.75) is 65.2 Å². The zero-order valence-corrected chi connectivity index (χ0v) is 21.7. The van der Waals surface area contributed by atoms with Crippen molar-refractivity contribution in [3.8, 4) is 0 Å². The monoisotopic (exact) mass is 570 g/mol. The summed E-state index contributed by atoms with van der Waals surface area (Å²) in [5.74, 6) is -6.63. The fraction of sp³-hybridized carbons (Fsp3) is 0.500. The Morgan fingerprint density at radius 3 is 2.10 bits per heavy atom. The highest BCUT2D eigenvalue weighted by Crippen LogP contribution is 2.38. The number of hydrogen-bond acceptors (Lipinski definition) is 5. The molecule has 15 heteroatoms. The maximum atomic E-state index is 14.5. The van der Waals surface area contributed by atoms with E-state index in [2.05, 4.69) is 24.3 Å². The van der Waals surface area contributed by atoms with Gasteiger partial charge in [-0.2, -0.15) is 26.3 Å². The molecule has 3 N–H and O–H groups in total. The smallest absolute Gasteiger partial charge is 0.364 e. The number of nitrogens with one attached hydrogen (secondary N) is 3. The third kappa shape index (κ3) is 10.2. The zero-order valence-electron chi connectivity index (χ0n) is 21.7. The van der Waals surface area contributed by atoms with Crippen LogP contribution < -0.4 is 16.0 Å². The molecule has 0 saturated carbocycles. The minimum atomic E-state index is -5.14. The van der Waals surface area contributed by atoms with Crippen molar-refractivity contribution in [1.29, 1.82) is 0 Å². The first-order valence-electron chi connectivity index (χ1n) is 11.7. The highest BCUT2D eigenvalue weighted by molar-refractivity contribution is 6.00. The van der Waals surface area contributed by atoms with Crippen LogP contribution >= 0.6 is 0 Å².